The second-order valence-corrected chi connectivity index (χ2v) is 12.6. The number of aromatic nitrogens is 2. The summed E-state index contributed by atoms with van der Waals surface area (Å²) in [5.74, 6) is 0.451. The lowest BCUT2D eigenvalue weighted by atomic mass is 9.90. The highest BCUT2D eigenvalue weighted by Crippen LogP contribution is 2.36. The highest BCUT2D eigenvalue weighted by atomic mass is 35.5. The molecule has 1 atom stereocenters. The first-order valence-corrected chi connectivity index (χ1v) is 16.3. The Bertz CT molecular complexity index is 1620. The Morgan fingerprint density at radius 1 is 1.12 bits per heavy atom. The maximum absolute atomic E-state index is 11.5. The molecule has 0 saturated carbocycles. The number of fused-ring (bicyclic) bond motifs is 1. The summed E-state index contributed by atoms with van der Waals surface area (Å²) in [5.41, 5.74) is 8.42. The van der Waals surface area contributed by atoms with Crippen molar-refractivity contribution in [3.63, 3.8) is 0 Å². The summed E-state index contributed by atoms with van der Waals surface area (Å²) in [6.07, 6.45) is 6.79. The van der Waals surface area contributed by atoms with Crippen molar-refractivity contribution in [3.8, 4) is 11.1 Å². The number of thioether (sulfide) groups is 1. The van der Waals surface area contributed by atoms with E-state index in [1.54, 1.807) is 11.8 Å². The number of rotatable bonds is 7. The van der Waals surface area contributed by atoms with E-state index in [4.69, 9.17) is 26.4 Å². The highest BCUT2D eigenvalue weighted by Gasteiger charge is 2.30. The summed E-state index contributed by atoms with van der Waals surface area (Å²) in [4.78, 5) is 19.3. The molecule has 2 saturated heterocycles. The molecule has 0 aliphatic carbocycles. The third kappa shape index (κ3) is 5.93. The molecule has 2 aliphatic heterocycles. The van der Waals surface area contributed by atoms with E-state index in [9.17, 15) is 4.79 Å². The van der Waals surface area contributed by atoms with Crippen LogP contribution in [0.4, 0.5) is 5.69 Å². The molecule has 4 aromatic rings. The molecule has 0 bridgehead atoms. The van der Waals surface area contributed by atoms with Crippen LogP contribution in [0.15, 0.2) is 59.6 Å². The lowest BCUT2D eigenvalue weighted by Gasteiger charge is -2.34. The molecule has 0 amide bonds. The van der Waals surface area contributed by atoms with E-state index >= 15 is 0 Å². The SMILES string of the molecule is CS/C(=N\c1cc(C)c(CC=O)c(-c2ccc(Cl)cc2)c1)c1ccc2c(c1)c(C1CCN(C3CCOC3)CC1)nn2C. The van der Waals surface area contributed by atoms with Gasteiger partial charge in [-0.2, -0.15) is 5.10 Å². The van der Waals surface area contributed by atoms with Crippen LogP contribution in [-0.2, 0) is 23.0 Å². The molecule has 3 heterocycles. The van der Waals surface area contributed by atoms with Gasteiger partial charge in [0.25, 0.3) is 0 Å². The van der Waals surface area contributed by atoms with Crippen molar-refractivity contribution < 1.29 is 9.53 Å². The third-order valence-corrected chi connectivity index (χ3v) is 9.75. The summed E-state index contributed by atoms with van der Waals surface area (Å²) in [6, 6.07) is 19.1. The summed E-state index contributed by atoms with van der Waals surface area (Å²) < 4.78 is 7.66. The van der Waals surface area contributed by atoms with E-state index in [1.807, 2.05) is 36.0 Å². The van der Waals surface area contributed by atoms with Gasteiger partial charge in [-0.3, -0.25) is 9.58 Å². The zero-order valence-corrected chi connectivity index (χ0v) is 26.0. The number of ether oxygens (including phenoxy) is 1. The molecule has 1 aromatic heterocycles. The van der Waals surface area contributed by atoms with Gasteiger partial charge in [0.1, 0.15) is 11.3 Å². The smallest absolute Gasteiger partial charge is 0.124 e. The average Bonchev–Trinajstić information content (AvgIpc) is 3.66. The first kappa shape index (κ1) is 29.1. The van der Waals surface area contributed by atoms with Gasteiger partial charge in [0.15, 0.2) is 0 Å². The number of carbonyl (C=O) groups is 1. The van der Waals surface area contributed by atoms with Gasteiger partial charge >= 0.3 is 0 Å². The monoisotopic (exact) mass is 600 g/mol. The molecule has 6 nitrogen and oxygen atoms in total. The molecular formula is C34H37ClN4O2S. The molecule has 2 fully saturated rings. The molecule has 1 unspecified atom stereocenters. The number of hydrogen-bond donors (Lipinski definition) is 0. The second kappa shape index (κ2) is 12.7. The normalized spacial score (nSPS) is 18.7. The van der Waals surface area contributed by atoms with Crippen LogP contribution in [0.2, 0.25) is 5.02 Å². The quantitative estimate of drug-likeness (QED) is 0.126. The number of benzene rings is 3. The molecule has 0 radical (unpaired) electrons. The van der Waals surface area contributed by atoms with Gasteiger partial charge in [0.05, 0.1) is 23.5 Å². The number of likely N-dealkylation sites (tertiary alicyclic amines) is 1. The summed E-state index contributed by atoms with van der Waals surface area (Å²) >= 11 is 7.81. The van der Waals surface area contributed by atoms with Crippen LogP contribution in [0.1, 0.15) is 47.6 Å². The summed E-state index contributed by atoms with van der Waals surface area (Å²) in [6.45, 7) is 6.02. The number of aliphatic imine (C=N–C) groups is 1. The first-order chi connectivity index (χ1) is 20.4. The topological polar surface area (TPSA) is 59.7 Å². The molecular weight excluding hydrogens is 564 g/mol. The fraction of sp³-hybridized carbons (Fsp3) is 0.382. The van der Waals surface area contributed by atoms with Crippen LogP contribution in [-0.4, -0.2) is 64.6 Å². The minimum atomic E-state index is 0.358. The van der Waals surface area contributed by atoms with Crippen molar-refractivity contribution in [1.82, 2.24) is 14.7 Å². The predicted molar refractivity (Wildman–Crippen MR) is 175 cm³/mol. The standard InChI is InChI=1S/C34H37ClN4O2S/c1-22-18-27(20-30(29(22)12-16-40)23-4-7-26(35)8-5-23)36-34(42-3)25-6-9-32-31(19-25)33(37-38(32)2)24-10-14-39(15-11-24)28-13-17-41-21-28/h4-9,16,18-20,24,28H,10-15,17,21H2,1-3H3/b36-34-. The maximum atomic E-state index is 11.5. The average molecular weight is 601 g/mol. The van der Waals surface area contributed by atoms with Gasteiger partial charge in [0, 0.05) is 48.0 Å². The fourth-order valence-electron chi connectivity index (χ4n) is 6.52. The van der Waals surface area contributed by atoms with Crippen LogP contribution in [0.5, 0.6) is 0 Å². The summed E-state index contributed by atoms with van der Waals surface area (Å²) in [5, 5.41) is 7.88. The van der Waals surface area contributed by atoms with Crippen LogP contribution in [0.3, 0.4) is 0 Å². The van der Waals surface area contributed by atoms with Crippen LogP contribution in [0.25, 0.3) is 22.0 Å². The van der Waals surface area contributed by atoms with E-state index in [-0.39, 0.29) is 0 Å². The summed E-state index contributed by atoms with van der Waals surface area (Å²) in [7, 11) is 2.04. The number of piperidine rings is 1. The minimum absolute atomic E-state index is 0.358. The van der Waals surface area contributed by atoms with Gasteiger partial charge < -0.3 is 9.53 Å². The largest absolute Gasteiger partial charge is 0.380 e. The Balaban J connectivity index is 1.33. The van der Waals surface area contributed by atoms with E-state index < -0.39 is 0 Å². The van der Waals surface area contributed by atoms with Crippen molar-refractivity contribution in [2.24, 2.45) is 12.0 Å². The van der Waals surface area contributed by atoms with E-state index in [1.165, 1.54) is 11.1 Å². The zero-order valence-electron chi connectivity index (χ0n) is 24.5. The van der Waals surface area contributed by atoms with Crippen molar-refractivity contribution in [3.05, 3.63) is 82.0 Å². The number of hydrogen-bond acceptors (Lipinski definition) is 6. The Labute approximate surface area is 257 Å². The molecule has 8 heteroatoms. The van der Waals surface area contributed by atoms with Crippen LogP contribution in [0, 0.1) is 6.92 Å². The number of halogens is 1. The molecule has 3 aromatic carbocycles. The van der Waals surface area contributed by atoms with E-state index in [0.29, 0.717) is 23.4 Å². The number of aldehydes is 1. The van der Waals surface area contributed by atoms with Gasteiger partial charge in [-0.1, -0.05) is 29.8 Å². The molecule has 6 rings (SSSR count). The van der Waals surface area contributed by atoms with Gasteiger partial charge in [-0.05, 0) is 104 Å². The Morgan fingerprint density at radius 2 is 1.90 bits per heavy atom. The molecule has 218 valence electrons. The van der Waals surface area contributed by atoms with E-state index in [2.05, 4.69) is 48.4 Å². The molecule has 42 heavy (non-hydrogen) atoms. The second-order valence-electron chi connectivity index (χ2n) is 11.4. The van der Waals surface area contributed by atoms with E-state index in [0.717, 1.165) is 95.9 Å². The fourth-order valence-corrected chi connectivity index (χ4v) is 7.21. The van der Waals surface area contributed by atoms with Gasteiger partial charge in [-0.15, -0.1) is 11.8 Å². The highest BCUT2D eigenvalue weighted by molar-refractivity contribution is 8.13. The molecule has 2 aliphatic rings. The number of carbonyl (C=O) groups excluding carboxylic acids is 1. The van der Waals surface area contributed by atoms with Gasteiger partial charge in [0.2, 0.25) is 0 Å². The predicted octanol–water partition coefficient (Wildman–Crippen LogP) is 7.35. The van der Waals surface area contributed by atoms with Crippen molar-refractivity contribution in [2.45, 2.75) is 44.6 Å². The number of nitrogens with zero attached hydrogens (tertiary/aromatic N) is 4. The Hall–Kier alpha value is -2.97. The molecule has 0 N–H and O–H groups in total. The maximum Gasteiger partial charge on any atom is 0.124 e. The lowest BCUT2D eigenvalue weighted by Crippen LogP contribution is -2.41. The number of aryl methyl sites for hydroxylation is 2. The Morgan fingerprint density at radius 3 is 2.60 bits per heavy atom. The lowest BCUT2D eigenvalue weighted by molar-refractivity contribution is -0.107. The minimum Gasteiger partial charge on any atom is -0.380 e. The van der Waals surface area contributed by atoms with Crippen molar-refractivity contribution in [1.29, 1.82) is 0 Å². The van der Waals surface area contributed by atoms with Crippen molar-refractivity contribution in [2.75, 3.05) is 32.6 Å². The first-order valence-electron chi connectivity index (χ1n) is 14.7. The van der Waals surface area contributed by atoms with Crippen molar-refractivity contribution >= 4 is 51.3 Å². The van der Waals surface area contributed by atoms with Crippen LogP contribution >= 0.6 is 23.4 Å². The third-order valence-electron chi connectivity index (χ3n) is 8.79. The molecule has 0 spiro atoms. The zero-order chi connectivity index (χ0) is 29.2. The Kier molecular flexibility index (Phi) is 8.82. The van der Waals surface area contributed by atoms with Gasteiger partial charge in [-0.25, -0.2) is 4.99 Å². The van der Waals surface area contributed by atoms with Crippen LogP contribution < -0.4 is 0 Å².